The Balaban J connectivity index is 2.27. The van der Waals surface area contributed by atoms with Crippen molar-refractivity contribution in [1.29, 1.82) is 0 Å². The van der Waals surface area contributed by atoms with E-state index >= 15 is 0 Å². The number of hydrogen-bond donors (Lipinski definition) is 1. The molecule has 0 aliphatic heterocycles. The predicted octanol–water partition coefficient (Wildman–Crippen LogP) is 2.88. The first-order valence-electron chi connectivity index (χ1n) is 5.45. The lowest BCUT2D eigenvalue weighted by molar-refractivity contribution is 0.779. The Morgan fingerprint density at radius 1 is 1.35 bits per heavy atom. The number of aryl methyl sites for hydroxylation is 1. The van der Waals surface area contributed by atoms with Crippen LogP contribution in [-0.2, 0) is 6.42 Å². The maximum Gasteiger partial charge on any atom is 0.148 e. The van der Waals surface area contributed by atoms with Crippen molar-refractivity contribution in [3.8, 4) is 10.6 Å². The van der Waals surface area contributed by atoms with Gasteiger partial charge >= 0.3 is 0 Å². The quantitative estimate of drug-likeness (QED) is 0.854. The number of likely N-dealkylation sites (N-methyl/N-ethyl adjacent to an activating group) is 1. The first kappa shape index (κ1) is 12.9. The summed E-state index contributed by atoms with van der Waals surface area (Å²) in [7, 11) is 1.95. The van der Waals surface area contributed by atoms with Crippen LogP contribution in [0.1, 0.15) is 10.6 Å². The molecule has 17 heavy (non-hydrogen) atoms. The number of nitrogens with zero attached hydrogens (tertiary/aromatic N) is 2. The van der Waals surface area contributed by atoms with E-state index < -0.39 is 0 Å². The van der Waals surface area contributed by atoms with E-state index in [0.29, 0.717) is 0 Å². The third-order valence-corrected chi connectivity index (χ3v) is 4.93. The van der Waals surface area contributed by atoms with Gasteiger partial charge in [-0.2, -0.15) is 0 Å². The molecule has 0 bridgehead atoms. The normalized spacial score (nSPS) is 10.8. The molecule has 1 aromatic heterocycles. The topological polar surface area (TPSA) is 37.8 Å². The lowest BCUT2D eigenvalue weighted by Gasteiger charge is -2.02. The Kier molecular flexibility index (Phi) is 4.47. The Hall–Kier alpha value is -0.530. The van der Waals surface area contributed by atoms with E-state index in [1.54, 1.807) is 11.3 Å². The van der Waals surface area contributed by atoms with Crippen LogP contribution in [0, 0.1) is 10.5 Å². The molecule has 0 aliphatic carbocycles. The summed E-state index contributed by atoms with van der Waals surface area (Å²) in [6.07, 6.45) is 0.941. The van der Waals surface area contributed by atoms with Crippen molar-refractivity contribution in [2.24, 2.45) is 0 Å². The molecule has 3 nitrogen and oxygen atoms in total. The molecule has 1 N–H and O–H groups in total. The fourth-order valence-corrected chi connectivity index (χ4v) is 3.18. The van der Waals surface area contributed by atoms with Crippen molar-refractivity contribution in [2.75, 3.05) is 13.6 Å². The summed E-state index contributed by atoms with van der Waals surface area (Å²) in [6.45, 7) is 3.06. The Morgan fingerprint density at radius 3 is 2.94 bits per heavy atom. The smallest absolute Gasteiger partial charge is 0.148 e. The van der Waals surface area contributed by atoms with E-state index in [4.69, 9.17) is 0 Å². The molecule has 1 heterocycles. The summed E-state index contributed by atoms with van der Waals surface area (Å²) in [5.74, 6) is 0. The van der Waals surface area contributed by atoms with Crippen LogP contribution in [0.4, 0.5) is 0 Å². The van der Waals surface area contributed by atoms with Crippen molar-refractivity contribution in [3.05, 3.63) is 32.3 Å². The third kappa shape index (κ3) is 3.02. The monoisotopic (exact) mass is 359 g/mol. The number of nitrogens with one attached hydrogen (secondary N) is 1. The molecule has 0 unspecified atom stereocenters. The maximum atomic E-state index is 4.28. The van der Waals surface area contributed by atoms with E-state index in [0.717, 1.165) is 23.0 Å². The number of halogens is 1. The maximum absolute atomic E-state index is 4.28. The van der Waals surface area contributed by atoms with E-state index in [9.17, 15) is 0 Å². The summed E-state index contributed by atoms with van der Waals surface area (Å²) in [5, 5.41) is 13.7. The zero-order chi connectivity index (χ0) is 12.3. The molecule has 1 aromatic carbocycles. The molecule has 0 saturated heterocycles. The highest BCUT2D eigenvalue weighted by atomic mass is 127. The number of rotatable bonds is 4. The van der Waals surface area contributed by atoms with Crippen molar-refractivity contribution >= 4 is 33.9 Å². The SMILES string of the molecule is CNCCc1nnc(-c2cccc(C)c2I)s1. The van der Waals surface area contributed by atoms with Gasteiger partial charge in [0.1, 0.15) is 10.0 Å². The van der Waals surface area contributed by atoms with Gasteiger partial charge in [-0.3, -0.25) is 0 Å². The van der Waals surface area contributed by atoms with Crippen molar-refractivity contribution < 1.29 is 0 Å². The van der Waals surface area contributed by atoms with Crippen LogP contribution in [0.25, 0.3) is 10.6 Å². The highest BCUT2D eigenvalue weighted by molar-refractivity contribution is 14.1. The van der Waals surface area contributed by atoms with Crippen molar-refractivity contribution in [3.63, 3.8) is 0 Å². The predicted molar refractivity (Wildman–Crippen MR) is 80.4 cm³/mol. The van der Waals surface area contributed by atoms with Gasteiger partial charge in [-0.25, -0.2) is 0 Å². The fraction of sp³-hybridized carbons (Fsp3) is 0.333. The Bertz CT molecular complexity index is 510. The standard InChI is InChI=1S/C12H14IN3S/c1-8-4-3-5-9(11(8)13)12-16-15-10(17-12)6-7-14-2/h3-5,14H,6-7H2,1-2H3. The van der Waals surface area contributed by atoms with Gasteiger partial charge in [0.25, 0.3) is 0 Å². The summed E-state index contributed by atoms with van der Waals surface area (Å²) in [6, 6.07) is 6.30. The van der Waals surface area contributed by atoms with Gasteiger partial charge < -0.3 is 5.32 Å². The number of hydrogen-bond acceptors (Lipinski definition) is 4. The van der Waals surface area contributed by atoms with Crippen LogP contribution in [0.15, 0.2) is 18.2 Å². The van der Waals surface area contributed by atoms with Crippen molar-refractivity contribution in [1.82, 2.24) is 15.5 Å². The fourth-order valence-electron chi connectivity index (χ4n) is 1.51. The molecule has 0 fully saturated rings. The van der Waals surface area contributed by atoms with E-state index in [1.165, 1.54) is 14.7 Å². The zero-order valence-corrected chi connectivity index (χ0v) is 12.8. The summed E-state index contributed by atoms with van der Waals surface area (Å²) < 4.78 is 1.27. The molecule has 90 valence electrons. The van der Waals surface area contributed by atoms with E-state index in [1.807, 2.05) is 7.05 Å². The van der Waals surface area contributed by atoms with Gasteiger partial charge in [0.15, 0.2) is 0 Å². The van der Waals surface area contributed by atoms with Crippen LogP contribution in [0.3, 0.4) is 0 Å². The van der Waals surface area contributed by atoms with Gasteiger partial charge in [0, 0.05) is 22.1 Å². The van der Waals surface area contributed by atoms with Crippen molar-refractivity contribution in [2.45, 2.75) is 13.3 Å². The molecule has 0 spiro atoms. The minimum atomic E-state index is 0.941. The second kappa shape index (κ2) is 5.88. The van der Waals surface area contributed by atoms with Crippen LogP contribution < -0.4 is 5.32 Å². The second-order valence-electron chi connectivity index (χ2n) is 3.79. The molecule has 0 saturated carbocycles. The number of benzene rings is 1. The van der Waals surface area contributed by atoms with E-state index in [-0.39, 0.29) is 0 Å². The lowest BCUT2D eigenvalue weighted by atomic mass is 10.1. The van der Waals surface area contributed by atoms with Crippen LogP contribution >= 0.6 is 33.9 Å². The lowest BCUT2D eigenvalue weighted by Crippen LogP contribution is -2.09. The first-order valence-corrected chi connectivity index (χ1v) is 7.34. The highest BCUT2D eigenvalue weighted by Gasteiger charge is 2.10. The molecule has 0 atom stereocenters. The second-order valence-corrected chi connectivity index (χ2v) is 5.93. The average molecular weight is 359 g/mol. The minimum absolute atomic E-state index is 0.941. The molecule has 5 heteroatoms. The van der Waals surface area contributed by atoms with Crippen LogP contribution in [-0.4, -0.2) is 23.8 Å². The molecule has 0 amide bonds. The van der Waals surface area contributed by atoms with Crippen LogP contribution in [0.5, 0.6) is 0 Å². The largest absolute Gasteiger partial charge is 0.319 e. The molecule has 2 aromatic rings. The Morgan fingerprint density at radius 2 is 2.18 bits per heavy atom. The molecular formula is C12H14IN3S. The van der Waals surface area contributed by atoms with Gasteiger partial charge in [-0.15, -0.1) is 10.2 Å². The first-order chi connectivity index (χ1) is 8.22. The van der Waals surface area contributed by atoms with Gasteiger partial charge in [-0.1, -0.05) is 29.5 Å². The summed E-state index contributed by atoms with van der Waals surface area (Å²) in [5.41, 5.74) is 2.48. The number of aromatic nitrogens is 2. The van der Waals surface area contributed by atoms with Gasteiger partial charge in [0.05, 0.1) is 0 Å². The zero-order valence-electron chi connectivity index (χ0n) is 9.83. The molecular weight excluding hydrogens is 345 g/mol. The molecule has 2 rings (SSSR count). The molecule has 0 radical (unpaired) electrons. The average Bonchev–Trinajstić information content (AvgIpc) is 2.78. The minimum Gasteiger partial charge on any atom is -0.319 e. The summed E-state index contributed by atoms with van der Waals surface area (Å²) >= 11 is 4.05. The van der Waals surface area contributed by atoms with Crippen LogP contribution in [0.2, 0.25) is 0 Å². The highest BCUT2D eigenvalue weighted by Crippen LogP contribution is 2.29. The summed E-state index contributed by atoms with van der Waals surface area (Å²) in [4.78, 5) is 0. The molecule has 0 aliphatic rings. The third-order valence-electron chi connectivity index (χ3n) is 2.48. The van der Waals surface area contributed by atoms with Gasteiger partial charge in [0.2, 0.25) is 0 Å². The van der Waals surface area contributed by atoms with Gasteiger partial charge in [-0.05, 0) is 42.1 Å². The van der Waals surface area contributed by atoms with E-state index in [2.05, 4.69) is 63.2 Å². The Labute approximate surface area is 119 Å².